The summed E-state index contributed by atoms with van der Waals surface area (Å²) in [7, 11) is 0. The van der Waals surface area contributed by atoms with Crippen molar-refractivity contribution in [3.8, 4) is 0 Å². The van der Waals surface area contributed by atoms with Crippen molar-refractivity contribution >= 4 is 18.2 Å². The molecule has 2 aromatic carbocycles. The van der Waals surface area contributed by atoms with E-state index in [4.69, 9.17) is 14.6 Å². The summed E-state index contributed by atoms with van der Waals surface area (Å²) >= 11 is 0. The quantitative estimate of drug-likeness (QED) is 0.0625. The molecule has 0 aliphatic carbocycles. The molecular formula is C42H57F4LiN2O9. The smallest absolute Gasteiger partial charge is 0.870 e. The molecule has 16 heteroatoms. The van der Waals surface area contributed by atoms with Crippen LogP contribution in [0.4, 0.5) is 27.2 Å². The number of unbranched alkanes of at least 4 members (excludes halogenated alkanes) is 7. The molecule has 4 rings (SSSR count). The summed E-state index contributed by atoms with van der Waals surface area (Å²) in [5, 5.41) is 28.7. The van der Waals surface area contributed by atoms with E-state index < -0.39 is 48.3 Å². The first kappa shape index (κ1) is 52.1. The van der Waals surface area contributed by atoms with Crippen molar-refractivity contribution < 1.29 is 81.1 Å². The van der Waals surface area contributed by atoms with Crippen molar-refractivity contribution in [2.75, 3.05) is 26.3 Å². The van der Waals surface area contributed by atoms with E-state index in [1.807, 2.05) is 0 Å². The fraction of sp³-hybridized carbons (Fsp3) is 0.548. The molecule has 2 heterocycles. The number of benzene rings is 2. The van der Waals surface area contributed by atoms with E-state index in [1.54, 1.807) is 17.0 Å². The Hall–Kier alpha value is -3.87. The van der Waals surface area contributed by atoms with Gasteiger partial charge in [-0.1, -0.05) is 130 Å². The van der Waals surface area contributed by atoms with Crippen LogP contribution < -0.4 is 18.9 Å². The van der Waals surface area contributed by atoms with Gasteiger partial charge >= 0.3 is 48.9 Å². The minimum atomic E-state index is -3.44. The molecule has 58 heavy (non-hydrogen) atoms. The fourth-order valence-electron chi connectivity index (χ4n) is 6.37. The van der Waals surface area contributed by atoms with Crippen LogP contribution >= 0.6 is 0 Å². The van der Waals surface area contributed by atoms with Crippen molar-refractivity contribution in [3.05, 3.63) is 96.1 Å². The molecule has 0 bridgehead atoms. The Morgan fingerprint density at radius 3 is 1.47 bits per heavy atom. The molecule has 4 atom stereocenters. The number of aliphatic carboxylic acids is 1. The van der Waals surface area contributed by atoms with E-state index in [1.165, 1.54) is 65.6 Å². The molecule has 2 saturated heterocycles. The first-order chi connectivity index (χ1) is 26.8. The number of hydrogen-bond acceptors (Lipinski definition) is 8. The molecule has 0 saturated carbocycles. The number of cyclic esters (lactones) is 2. The monoisotopic (exact) mass is 816 g/mol. The predicted octanol–water partition coefficient (Wildman–Crippen LogP) is 5.65. The third-order valence-electron chi connectivity index (χ3n) is 9.68. The SMILES string of the molecule is CCCCCCCN1C(=O)OCC[C@@H]1/C=C/C(O)C(F)(F)c1ccccc1.O=C(O)CCCCCCN1C(=O)OCC[C@@H]1/C=C/C(O)C(F)(F)c1ccccc1.[Li+].[OH-]. The largest absolute Gasteiger partial charge is 1.00 e. The number of aliphatic hydroxyl groups is 2. The summed E-state index contributed by atoms with van der Waals surface area (Å²) in [4.78, 5) is 37.6. The second kappa shape index (κ2) is 27.0. The van der Waals surface area contributed by atoms with Crippen molar-refractivity contribution in [1.29, 1.82) is 0 Å². The molecule has 2 aliphatic heterocycles. The molecule has 2 unspecified atom stereocenters. The maximum absolute atomic E-state index is 14.4. The molecular weight excluding hydrogens is 759 g/mol. The Bertz CT molecular complexity index is 1540. The van der Waals surface area contributed by atoms with Crippen molar-refractivity contribution in [3.63, 3.8) is 0 Å². The minimum Gasteiger partial charge on any atom is -0.870 e. The maximum atomic E-state index is 14.4. The molecule has 318 valence electrons. The third-order valence-corrected chi connectivity index (χ3v) is 9.68. The zero-order valence-electron chi connectivity index (χ0n) is 33.4. The van der Waals surface area contributed by atoms with Gasteiger partial charge < -0.3 is 40.1 Å². The molecule has 11 nitrogen and oxygen atoms in total. The van der Waals surface area contributed by atoms with Gasteiger partial charge in [-0.3, -0.25) is 4.79 Å². The minimum absolute atomic E-state index is 0. The predicted molar refractivity (Wildman–Crippen MR) is 205 cm³/mol. The number of carbonyl (C=O) groups excluding carboxylic acids is 2. The van der Waals surface area contributed by atoms with E-state index in [-0.39, 0.29) is 61.1 Å². The third kappa shape index (κ3) is 16.8. The average molecular weight is 817 g/mol. The molecule has 2 fully saturated rings. The second-order valence-electron chi connectivity index (χ2n) is 13.9. The van der Waals surface area contributed by atoms with Crippen LogP contribution in [-0.2, 0) is 26.1 Å². The van der Waals surface area contributed by atoms with Gasteiger partial charge in [0.1, 0.15) is 12.2 Å². The van der Waals surface area contributed by atoms with Crippen molar-refractivity contribution in [2.24, 2.45) is 0 Å². The number of carbonyl (C=O) groups is 3. The summed E-state index contributed by atoms with van der Waals surface area (Å²) in [6.45, 7) is 3.49. The van der Waals surface area contributed by atoms with Gasteiger partial charge in [-0.2, -0.15) is 17.6 Å². The van der Waals surface area contributed by atoms with Crippen LogP contribution in [0.15, 0.2) is 85.0 Å². The van der Waals surface area contributed by atoms with Gasteiger partial charge in [0.05, 0.1) is 25.3 Å². The molecule has 2 amide bonds. The topological polar surface area (TPSA) is 167 Å². The average Bonchev–Trinajstić information content (AvgIpc) is 3.19. The summed E-state index contributed by atoms with van der Waals surface area (Å²) < 4.78 is 67.7. The number of alkyl halides is 4. The van der Waals surface area contributed by atoms with Crippen LogP contribution in [0, 0.1) is 0 Å². The summed E-state index contributed by atoms with van der Waals surface area (Å²) in [6, 6.07) is 13.6. The molecule has 2 aliphatic rings. The Kier molecular flexibility index (Phi) is 24.3. The molecule has 0 spiro atoms. The van der Waals surface area contributed by atoms with E-state index in [0.717, 1.165) is 57.1 Å². The first-order valence-electron chi connectivity index (χ1n) is 19.5. The van der Waals surface area contributed by atoms with Crippen LogP contribution in [-0.4, -0.2) is 99.3 Å². The molecule has 2 aromatic rings. The van der Waals surface area contributed by atoms with Gasteiger partial charge in [-0.05, 0) is 19.3 Å². The van der Waals surface area contributed by atoms with Gasteiger partial charge in [-0.25, -0.2) is 9.59 Å². The van der Waals surface area contributed by atoms with E-state index in [0.29, 0.717) is 38.8 Å². The van der Waals surface area contributed by atoms with E-state index in [9.17, 15) is 42.2 Å². The van der Waals surface area contributed by atoms with Crippen LogP contribution in [0.25, 0.3) is 0 Å². The Balaban J connectivity index is 0.000000562. The molecule has 4 N–H and O–H groups in total. The summed E-state index contributed by atoms with van der Waals surface area (Å²) in [5.74, 6) is -7.67. The van der Waals surface area contributed by atoms with Gasteiger partial charge in [-0.15, -0.1) is 0 Å². The van der Waals surface area contributed by atoms with E-state index >= 15 is 0 Å². The second-order valence-corrected chi connectivity index (χ2v) is 13.9. The van der Waals surface area contributed by atoms with Crippen LogP contribution in [0.5, 0.6) is 0 Å². The Morgan fingerprint density at radius 2 is 1.09 bits per heavy atom. The van der Waals surface area contributed by atoms with Crippen LogP contribution in [0.2, 0.25) is 0 Å². The number of hydrogen-bond donors (Lipinski definition) is 3. The van der Waals surface area contributed by atoms with Crippen molar-refractivity contribution in [2.45, 2.75) is 120 Å². The number of rotatable bonds is 21. The van der Waals surface area contributed by atoms with Crippen LogP contribution in [0.3, 0.4) is 0 Å². The van der Waals surface area contributed by atoms with E-state index in [2.05, 4.69) is 6.92 Å². The number of halogens is 4. The Morgan fingerprint density at radius 1 is 0.707 bits per heavy atom. The first-order valence-corrected chi connectivity index (χ1v) is 19.5. The van der Waals surface area contributed by atoms with Crippen LogP contribution in [0.1, 0.15) is 95.1 Å². The normalized spacial score (nSPS) is 18.3. The number of aliphatic hydroxyl groups excluding tert-OH is 2. The standard InChI is InChI=1S/C21H27F2NO5.C21H29F2NO3.Li.H2O/c22-21(23,16-8-4-3-5-9-16)18(25)12-11-17-13-15-29-20(28)24(17)14-7-2-1-6-10-19(26)27;1-2-3-4-5-9-15-24-18(14-16-27-20(24)26)12-13-19(25)21(22,23)17-10-7-6-8-11-17;;/h3-5,8-9,11-12,17-18,25H,1-2,6-7,10,13-15H2,(H,26,27);6-8,10-13,18-19,25H,2-5,9,14-16H2,1H3;;1H2/q;;+1;/p-1/b12-11+;13-12+;;/t17-,18?;18-,19?;;/m00../s1. The number of nitrogens with zero attached hydrogens (tertiary/aromatic N) is 2. The van der Waals surface area contributed by atoms with Gasteiger partial charge in [0, 0.05) is 43.5 Å². The molecule has 0 radical (unpaired) electrons. The van der Waals surface area contributed by atoms with Gasteiger partial charge in [0.25, 0.3) is 0 Å². The summed E-state index contributed by atoms with van der Waals surface area (Å²) in [5.41, 5.74) is -0.517. The number of amides is 2. The zero-order valence-corrected chi connectivity index (χ0v) is 33.4. The number of carboxylic acids is 1. The van der Waals surface area contributed by atoms with Crippen molar-refractivity contribution in [1.82, 2.24) is 9.80 Å². The van der Waals surface area contributed by atoms with Gasteiger partial charge in [0.15, 0.2) is 0 Å². The Labute approximate surface area is 350 Å². The number of ether oxygens (including phenoxy) is 2. The number of carboxylic acid groups (broad SMARTS) is 1. The maximum Gasteiger partial charge on any atom is 1.00 e. The fourth-order valence-corrected chi connectivity index (χ4v) is 6.37. The zero-order chi connectivity index (χ0) is 41.0. The molecule has 0 aromatic heterocycles. The van der Waals surface area contributed by atoms with Gasteiger partial charge in [0.2, 0.25) is 0 Å². The summed E-state index contributed by atoms with van der Waals surface area (Å²) in [6.07, 6.45) is 9.27.